The highest BCUT2D eigenvalue weighted by Crippen LogP contribution is 2.42. The largest absolute Gasteiger partial charge is 0.493 e. The maximum atomic E-state index is 5.56. The average molecular weight is 405 g/mol. The number of rotatable bonds is 5. The molecule has 0 amide bonds. The minimum atomic E-state index is 0.242. The standard InChI is InChI=1S/C24H27N3O3/c1-15-7-8-18(9-16(15)2)27-21-6-4-5-20(19(21)13-26-27)25-12-17-10-22(28-3)24-23(11-17)29-14-30-24/h7-11,13,20,25H,4-6,12,14H2,1-3H3/t20-/m1/s1. The molecule has 0 spiro atoms. The van der Waals surface area contributed by atoms with E-state index >= 15 is 0 Å². The zero-order chi connectivity index (χ0) is 20.7. The molecule has 3 aromatic rings. The number of fused-ring (bicyclic) bond motifs is 2. The number of hydrogen-bond acceptors (Lipinski definition) is 5. The Hall–Kier alpha value is -2.99. The van der Waals surface area contributed by atoms with Crippen molar-refractivity contribution < 1.29 is 14.2 Å². The van der Waals surface area contributed by atoms with Crippen molar-refractivity contribution in [2.24, 2.45) is 0 Å². The van der Waals surface area contributed by atoms with Gasteiger partial charge in [-0.3, -0.25) is 0 Å². The molecule has 0 bridgehead atoms. The molecule has 1 aliphatic carbocycles. The van der Waals surface area contributed by atoms with E-state index in [2.05, 4.69) is 42.0 Å². The maximum Gasteiger partial charge on any atom is 0.231 e. The fourth-order valence-electron chi connectivity index (χ4n) is 4.38. The first-order chi connectivity index (χ1) is 14.6. The van der Waals surface area contributed by atoms with Gasteiger partial charge < -0.3 is 19.5 Å². The number of aryl methyl sites for hydroxylation is 2. The Morgan fingerprint density at radius 3 is 2.90 bits per heavy atom. The normalized spacial score (nSPS) is 17.1. The van der Waals surface area contributed by atoms with Crippen molar-refractivity contribution in [1.29, 1.82) is 0 Å². The Kier molecular flexibility index (Phi) is 4.87. The molecular weight excluding hydrogens is 378 g/mol. The molecule has 0 unspecified atom stereocenters. The van der Waals surface area contributed by atoms with Gasteiger partial charge in [0, 0.05) is 23.8 Å². The monoisotopic (exact) mass is 405 g/mol. The number of nitrogens with one attached hydrogen (secondary N) is 1. The van der Waals surface area contributed by atoms with E-state index in [0.29, 0.717) is 11.5 Å². The van der Waals surface area contributed by atoms with Gasteiger partial charge in [0.15, 0.2) is 11.5 Å². The van der Waals surface area contributed by atoms with Crippen molar-refractivity contribution in [3.8, 4) is 22.9 Å². The SMILES string of the molecule is COc1cc(CN[C@@H]2CCCc3c2cnn3-c2ccc(C)c(C)c2)cc2c1OCO2. The summed E-state index contributed by atoms with van der Waals surface area (Å²) in [6, 6.07) is 10.9. The number of hydrogen-bond donors (Lipinski definition) is 1. The summed E-state index contributed by atoms with van der Waals surface area (Å²) in [7, 11) is 1.66. The molecule has 0 saturated heterocycles. The summed E-state index contributed by atoms with van der Waals surface area (Å²) in [6.45, 7) is 5.26. The topological polar surface area (TPSA) is 57.5 Å². The van der Waals surface area contributed by atoms with Crippen molar-refractivity contribution in [2.45, 2.75) is 45.7 Å². The Balaban J connectivity index is 1.37. The van der Waals surface area contributed by atoms with Crippen molar-refractivity contribution in [2.75, 3.05) is 13.9 Å². The second-order valence-electron chi connectivity index (χ2n) is 8.08. The second kappa shape index (κ2) is 7.69. The van der Waals surface area contributed by atoms with Crippen molar-refractivity contribution in [3.63, 3.8) is 0 Å². The van der Waals surface area contributed by atoms with E-state index in [9.17, 15) is 0 Å². The number of nitrogens with zero attached hydrogens (tertiary/aromatic N) is 2. The minimum Gasteiger partial charge on any atom is -0.493 e. The van der Waals surface area contributed by atoms with E-state index in [1.54, 1.807) is 7.11 Å². The summed E-state index contributed by atoms with van der Waals surface area (Å²) in [5.74, 6) is 2.16. The van der Waals surface area contributed by atoms with Crippen LogP contribution in [-0.4, -0.2) is 23.7 Å². The summed E-state index contributed by atoms with van der Waals surface area (Å²) >= 11 is 0. The molecule has 0 saturated carbocycles. The minimum absolute atomic E-state index is 0.242. The smallest absolute Gasteiger partial charge is 0.231 e. The third-order valence-corrected chi connectivity index (χ3v) is 6.19. The van der Waals surface area contributed by atoms with Crippen LogP contribution >= 0.6 is 0 Å². The molecule has 30 heavy (non-hydrogen) atoms. The summed E-state index contributed by atoms with van der Waals surface area (Å²) in [5, 5.41) is 8.46. The maximum absolute atomic E-state index is 5.56. The van der Waals surface area contributed by atoms with Gasteiger partial charge in [0.1, 0.15) is 0 Å². The molecule has 1 aliphatic heterocycles. The van der Waals surface area contributed by atoms with E-state index in [4.69, 9.17) is 19.3 Å². The van der Waals surface area contributed by atoms with Gasteiger partial charge in [-0.15, -0.1) is 0 Å². The quantitative estimate of drug-likeness (QED) is 0.682. The zero-order valence-electron chi connectivity index (χ0n) is 17.7. The number of aromatic nitrogens is 2. The fourth-order valence-corrected chi connectivity index (χ4v) is 4.38. The summed E-state index contributed by atoms with van der Waals surface area (Å²) in [4.78, 5) is 0. The molecular formula is C24H27N3O3. The predicted octanol–water partition coefficient (Wildman–Crippen LogP) is 4.39. The first-order valence-corrected chi connectivity index (χ1v) is 10.5. The highest BCUT2D eigenvalue weighted by Gasteiger charge is 2.25. The molecule has 5 rings (SSSR count). The summed E-state index contributed by atoms with van der Waals surface area (Å²) in [6.07, 6.45) is 5.33. The van der Waals surface area contributed by atoms with E-state index in [-0.39, 0.29) is 12.8 Å². The molecule has 6 nitrogen and oxygen atoms in total. The van der Waals surface area contributed by atoms with Crippen LogP contribution in [0.3, 0.4) is 0 Å². The Bertz CT molecular complexity index is 1090. The first-order valence-electron chi connectivity index (χ1n) is 10.5. The fraction of sp³-hybridized carbons (Fsp3) is 0.375. The molecule has 0 fully saturated rings. The van der Waals surface area contributed by atoms with Gasteiger partial charge in [-0.2, -0.15) is 5.10 Å². The molecule has 6 heteroatoms. The van der Waals surface area contributed by atoms with E-state index in [0.717, 1.165) is 42.8 Å². The first kappa shape index (κ1) is 19.0. The van der Waals surface area contributed by atoms with Gasteiger partial charge in [0.25, 0.3) is 0 Å². The lowest BCUT2D eigenvalue weighted by atomic mass is 9.92. The van der Waals surface area contributed by atoms with Crippen LogP contribution in [0.5, 0.6) is 17.2 Å². The highest BCUT2D eigenvalue weighted by atomic mass is 16.7. The van der Waals surface area contributed by atoms with Crippen LogP contribution in [0, 0.1) is 13.8 Å². The van der Waals surface area contributed by atoms with Crippen molar-refractivity contribution in [3.05, 3.63) is 64.5 Å². The van der Waals surface area contributed by atoms with E-state index in [1.807, 2.05) is 18.3 Å². The third kappa shape index (κ3) is 3.31. The van der Waals surface area contributed by atoms with Crippen LogP contribution in [0.1, 0.15) is 46.8 Å². The van der Waals surface area contributed by atoms with Gasteiger partial charge in [-0.1, -0.05) is 6.07 Å². The van der Waals surface area contributed by atoms with Crippen LogP contribution in [0.4, 0.5) is 0 Å². The molecule has 1 N–H and O–H groups in total. The lowest BCUT2D eigenvalue weighted by Crippen LogP contribution is -2.25. The van der Waals surface area contributed by atoms with Crippen LogP contribution in [0.25, 0.3) is 5.69 Å². The van der Waals surface area contributed by atoms with Gasteiger partial charge in [-0.05, 0) is 74.1 Å². The molecule has 1 atom stereocenters. The van der Waals surface area contributed by atoms with Crippen LogP contribution in [0.2, 0.25) is 0 Å². The molecule has 0 radical (unpaired) electrons. The van der Waals surface area contributed by atoms with E-state index in [1.165, 1.54) is 22.4 Å². The van der Waals surface area contributed by atoms with Gasteiger partial charge in [-0.25, -0.2) is 4.68 Å². The summed E-state index contributed by atoms with van der Waals surface area (Å²) < 4.78 is 18.6. The van der Waals surface area contributed by atoms with E-state index < -0.39 is 0 Å². The number of ether oxygens (including phenoxy) is 3. The highest BCUT2D eigenvalue weighted by molar-refractivity contribution is 5.55. The Labute approximate surface area is 176 Å². The van der Waals surface area contributed by atoms with Gasteiger partial charge in [0.2, 0.25) is 12.5 Å². The Morgan fingerprint density at radius 2 is 2.07 bits per heavy atom. The van der Waals surface area contributed by atoms with Crippen LogP contribution in [-0.2, 0) is 13.0 Å². The average Bonchev–Trinajstić information content (AvgIpc) is 3.41. The molecule has 1 aromatic heterocycles. The van der Waals surface area contributed by atoms with Crippen LogP contribution in [0.15, 0.2) is 36.5 Å². The van der Waals surface area contributed by atoms with Crippen molar-refractivity contribution >= 4 is 0 Å². The Morgan fingerprint density at radius 1 is 1.17 bits per heavy atom. The number of methoxy groups -OCH3 is 1. The third-order valence-electron chi connectivity index (χ3n) is 6.19. The molecule has 2 aliphatic rings. The molecule has 2 aromatic carbocycles. The number of benzene rings is 2. The lowest BCUT2D eigenvalue weighted by molar-refractivity contribution is 0.171. The van der Waals surface area contributed by atoms with Gasteiger partial charge in [0.05, 0.1) is 19.0 Å². The molecule has 2 heterocycles. The molecule has 156 valence electrons. The van der Waals surface area contributed by atoms with Gasteiger partial charge >= 0.3 is 0 Å². The lowest BCUT2D eigenvalue weighted by Gasteiger charge is -2.24. The predicted molar refractivity (Wildman–Crippen MR) is 115 cm³/mol. The second-order valence-corrected chi connectivity index (χ2v) is 8.08. The summed E-state index contributed by atoms with van der Waals surface area (Å²) in [5.41, 5.74) is 7.46. The van der Waals surface area contributed by atoms with Crippen molar-refractivity contribution in [1.82, 2.24) is 15.1 Å². The zero-order valence-corrected chi connectivity index (χ0v) is 17.7. The van der Waals surface area contributed by atoms with Crippen LogP contribution < -0.4 is 19.5 Å².